The van der Waals surface area contributed by atoms with Crippen molar-refractivity contribution in [3.8, 4) is 11.3 Å². The Bertz CT molecular complexity index is 777. The van der Waals surface area contributed by atoms with Gasteiger partial charge in [-0.3, -0.25) is 9.89 Å². The highest BCUT2D eigenvalue weighted by atomic mass is 35.5. The Labute approximate surface area is 131 Å². The van der Waals surface area contributed by atoms with E-state index in [1.54, 1.807) is 30.3 Å². The lowest BCUT2D eigenvalue weighted by Crippen LogP contribution is -2.01. The van der Waals surface area contributed by atoms with Crippen LogP contribution in [-0.4, -0.2) is 16.0 Å². The third-order valence-electron chi connectivity index (χ3n) is 3.07. The maximum atomic E-state index is 12.5. The molecule has 1 N–H and O–H groups in total. The van der Waals surface area contributed by atoms with E-state index in [2.05, 4.69) is 10.2 Å². The molecule has 0 bridgehead atoms. The van der Waals surface area contributed by atoms with Gasteiger partial charge in [-0.25, -0.2) is 0 Å². The van der Waals surface area contributed by atoms with E-state index < -0.39 is 0 Å². The Hall–Kier alpha value is -2.10. The van der Waals surface area contributed by atoms with E-state index in [1.165, 1.54) is 6.20 Å². The maximum Gasteiger partial charge on any atom is 0.196 e. The molecule has 1 heterocycles. The minimum atomic E-state index is -0.101. The number of carbonyl (C=O) groups is 1. The highest BCUT2D eigenvalue weighted by Crippen LogP contribution is 2.29. The molecule has 0 aliphatic carbocycles. The number of hydrogen-bond acceptors (Lipinski definition) is 2. The van der Waals surface area contributed by atoms with Crippen molar-refractivity contribution in [3.05, 3.63) is 75.9 Å². The molecule has 3 nitrogen and oxygen atoms in total. The Morgan fingerprint density at radius 1 is 1.00 bits per heavy atom. The molecule has 0 saturated heterocycles. The van der Waals surface area contributed by atoms with Crippen LogP contribution in [0.3, 0.4) is 0 Å². The number of carbonyl (C=O) groups excluding carboxylic acids is 1. The van der Waals surface area contributed by atoms with E-state index in [0.29, 0.717) is 26.9 Å². The first-order valence-corrected chi connectivity index (χ1v) is 7.00. The molecule has 3 rings (SSSR count). The van der Waals surface area contributed by atoms with Crippen molar-refractivity contribution in [2.24, 2.45) is 0 Å². The summed E-state index contributed by atoms with van der Waals surface area (Å²) in [4.78, 5) is 12.5. The Morgan fingerprint density at radius 3 is 2.33 bits per heavy atom. The van der Waals surface area contributed by atoms with Gasteiger partial charge in [0.15, 0.2) is 5.78 Å². The molecule has 0 saturated carbocycles. The van der Waals surface area contributed by atoms with Crippen LogP contribution < -0.4 is 0 Å². The number of halogens is 2. The van der Waals surface area contributed by atoms with Gasteiger partial charge in [0.2, 0.25) is 0 Å². The largest absolute Gasteiger partial charge is 0.288 e. The van der Waals surface area contributed by atoms with Crippen molar-refractivity contribution < 1.29 is 4.79 Å². The number of benzene rings is 2. The first-order valence-electron chi connectivity index (χ1n) is 6.25. The smallest absolute Gasteiger partial charge is 0.196 e. The predicted molar refractivity (Wildman–Crippen MR) is 83.9 cm³/mol. The van der Waals surface area contributed by atoms with E-state index in [9.17, 15) is 4.79 Å². The van der Waals surface area contributed by atoms with Crippen LogP contribution in [0.2, 0.25) is 10.0 Å². The fraction of sp³-hybridized carbons (Fsp3) is 0. The molecule has 0 spiro atoms. The van der Waals surface area contributed by atoms with Gasteiger partial charge in [-0.15, -0.1) is 0 Å². The number of hydrogen-bond donors (Lipinski definition) is 1. The van der Waals surface area contributed by atoms with Crippen LogP contribution in [0.4, 0.5) is 0 Å². The lowest BCUT2D eigenvalue weighted by atomic mass is 10.0. The zero-order chi connectivity index (χ0) is 14.8. The van der Waals surface area contributed by atoms with Gasteiger partial charge in [0.1, 0.15) is 0 Å². The zero-order valence-corrected chi connectivity index (χ0v) is 12.3. The second kappa shape index (κ2) is 5.72. The van der Waals surface area contributed by atoms with Crippen molar-refractivity contribution in [3.63, 3.8) is 0 Å². The van der Waals surface area contributed by atoms with Gasteiger partial charge in [0.25, 0.3) is 0 Å². The molecule has 0 atom stereocenters. The van der Waals surface area contributed by atoms with Crippen molar-refractivity contribution >= 4 is 29.0 Å². The van der Waals surface area contributed by atoms with Gasteiger partial charge in [0, 0.05) is 21.2 Å². The summed E-state index contributed by atoms with van der Waals surface area (Å²) in [6.45, 7) is 0. The van der Waals surface area contributed by atoms with E-state index in [-0.39, 0.29) is 5.78 Å². The molecule has 0 amide bonds. The van der Waals surface area contributed by atoms with Crippen LogP contribution in [0.1, 0.15) is 15.9 Å². The van der Waals surface area contributed by atoms with Crippen LogP contribution in [0.25, 0.3) is 11.3 Å². The number of H-pyrrole nitrogens is 1. The monoisotopic (exact) mass is 316 g/mol. The predicted octanol–water partition coefficient (Wildman–Crippen LogP) is 4.61. The van der Waals surface area contributed by atoms with Gasteiger partial charge >= 0.3 is 0 Å². The van der Waals surface area contributed by atoms with Gasteiger partial charge in [0.05, 0.1) is 17.5 Å². The molecule has 21 heavy (non-hydrogen) atoms. The molecule has 104 valence electrons. The Balaban J connectivity index is 2.07. The first kappa shape index (κ1) is 13.9. The summed E-state index contributed by atoms with van der Waals surface area (Å²) in [5.74, 6) is -0.101. The summed E-state index contributed by atoms with van der Waals surface area (Å²) in [5.41, 5.74) is 2.42. The number of nitrogens with zero attached hydrogens (tertiary/aromatic N) is 1. The van der Waals surface area contributed by atoms with Crippen LogP contribution in [0.15, 0.2) is 54.7 Å². The number of nitrogens with one attached hydrogen (secondary N) is 1. The first-order chi connectivity index (χ1) is 10.1. The number of rotatable bonds is 3. The van der Waals surface area contributed by atoms with E-state index in [4.69, 9.17) is 23.2 Å². The van der Waals surface area contributed by atoms with Crippen molar-refractivity contribution in [2.45, 2.75) is 0 Å². The summed E-state index contributed by atoms with van der Waals surface area (Å²) in [6, 6.07) is 14.2. The van der Waals surface area contributed by atoms with Crippen molar-refractivity contribution in [2.75, 3.05) is 0 Å². The summed E-state index contributed by atoms with van der Waals surface area (Å²) in [5, 5.41) is 7.82. The SMILES string of the molecule is O=C(c1ccccc1)c1cn[nH]c1-c1cc(Cl)cc(Cl)c1. The maximum absolute atomic E-state index is 12.5. The highest BCUT2D eigenvalue weighted by Gasteiger charge is 2.17. The minimum absolute atomic E-state index is 0.101. The average molecular weight is 317 g/mol. The third-order valence-corrected chi connectivity index (χ3v) is 3.51. The van der Waals surface area contributed by atoms with Crippen LogP contribution in [0, 0.1) is 0 Å². The van der Waals surface area contributed by atoms with E-state index >= 15 is 0 Å². The molecule has 5 heteroatoms. The molecule has 0 unspecified atom stereocenters. The molecule has 0 fully saturated rings. The summed E-state index contributed by atoms with van der Waals surface area (Å²) < 4.78 is 0. The second-order valence-corrected chi connectivity index (χ2v) is 5.38. The van der Waals surface area contributed by atoms with Gasteiger partial charge in [-0.05, 0) is 18.2 Å². The molecule has 2 aromatic carbocycles. The number of ketones is 1. The highest BCUT2D eigenvalue weighted by molar-refractivity contribution is 6.35. The average Bonchev–Trinajstić information content (AvgIpc) is 2.96. The molecule has 0 aliphatic rings. The number of aromatic amines is 1. The van der Waals surface area contributed by atoms with Gasteiger partial charge in [-0.1, -0.05) is 53.5 Å². The normalized spacial score (nSPS) is 10.6. The summed E-state index contributed by atoms with van der Waals surface area (Å²) in [6.07, 6.45) is 1.51. The Kier molecular flexibility index (Phi) is 3.78. The molecule has 3 aromatic rings. The van der Waals surface area contributed by atoms with Crippen LogP contribution in [0.5, 0.6) is 0 Å². The van der Waals surface area contributed by atoms with Gasteiger partial charge < -0.3 is 0 Å². The minimum Gasteiger partial charge on any atom is -0.288 e. The topological polar surface area (TPSA) is 45.8 Å². The standard InChI is InChI=1S/C16H10Cl2N2O/c17-12-6-11(7-13(18)8-12)15-14(9-19-20-15)16(21)10-4-2-1-3-5-10/h1-9H,(H,19,20). The number of aromatic nitrogens is 2. The van der Waals surface area contributed by atoms with Crippen molar-refractivity contribution in [1.82, 2.24) is 10.2 Å². The Morgan fingerprint density at radius 2 is 1.67 bits per heavy atom. The van der Waals surface area contributed by atoms with E-state index in [1.807, 2.05) is 18.2 Å². The quantitative estimate of drug-likeness (QED) is 0.717. The lowest BCUT2D eigenvalue weighted by molar-refractivity contribution is 0.103. The molecule has 0 aliphatic heterocycles. The van der Waals surface area contributed by atoms with Crippen LogP contribution in [-0.2, 0) is 0 Å². The zero-order valence-electron chi connectivity index (χ0n) is 10.8. The fourth-order valence-electron chi connectivity index (χ4n) is 2.12. The molecular weight excluding hydrogens is 307 g/mol. The fourth-order valence-corrected chi connectivity index (χ4v) is 2.65. The van der Waals surface area contributed by atoms with Crippen LogP contribution >= 0.6 is 23.2 Å². The van der Waals surface area contributed by atoms with E-state index in [0.717, 1.165) is 5.56 Å². The molecule has 1 aromatic heterocycles. The molecular formula is C16H10Cl2N2O. The van der Waals surface area contributed by atoms with Gasteiger partial charge in [-0.2, -0.15) is 5.10 Å². The summed E-state index contributed by atoms with van der Waals surface area (Å²) >= 11 is 12.0. The third kappa shape index (κ3) is 2.84. The second-order valence-electron chi connectivity index (χ2n) is 4.51. The summed E-state index contributed by atoms with van der Waals surface area (Å²) in [7, 11) is 0. The lowest BCUT2D eigenvalue weighted by Gasteiger charge is -2.04. The molecule has 0 radical (unpaired) electrons. The van der Waals surface area contributed by atoms with Crippen molar-refractivity contribution in [1.29, 1.82) is 0 Å².